The first-order chi connectivity index (χ1) is 8.08. The molecule has 17 heavy (non-hydrogen) atoms. The Kier molecular flexibility index (Phi) is 5.69. The van der Waals surface area contributed by atoms with E-state index in [4.69, 9.17) is 5.73 Å². The van der Waals surface area contributed by atoms with Gasteiger partial charge in [0.05, 0.1) is 11.4 Å². The summed E-state index contributed by atoms with van der Waals surface area (Å²) in [6.45, 7) is 6.53. The second-order valence-electron chi connectivity index (χ2n) is 5.09. The average molecular weight is 237 g/mol. The van der Waals surface area contributed by atoms with Gasteiger partial charge in [0.15, 0.2) is 0 Å². The van der Waals surface area contributed by atoms with E-state index >= 15 is 0 Å². The molecule has 0 spiro atoms. The summed E-state index contributed by atoms with van der Waals surface area (Å²) in [4.78, 5) is 0. The van der Waals surface area contributed by atoms with Gasteiger partial charge in [-0.2, -0.15) is 5.10 Å². The van der Waals surface area contributed by atoms with Gasteiger partial charge >= 0.3 is 0 Å². The molecule has 2 atom stereocenters. The number of nitrogens with zero attached hydrogens (tertiary/aromatic N) is 2. The molecule has 1 heterocycles. The fraction of sp³-hybridized carbons (Fsp3) is 0.786. The van der Waals surface area contributed by atoms with Crippen LogP contribution in [0.3, 0.4) is 0 Å². The lowest BCUT2D eigenvalue weighted by Gasteiger charge is -2.19. The minimum Gasteiger partial charge on any atom is -0.323 e. The molecular formula is C14H27N3. The molecule has 0 saturated carbocycles. The largest absolute Gasteiger partial charge is 0.323 e. The average Bonchev–Trinajstić information content (AvgIpc) is 2.63. The number of nitrogens with two attached hydrogens (primary N) is 1. The smallest absolute Gasteiger partial charge is 0.0597 e. The minimum atomic E-state index is 0.128. The van der Waals surface area contributed by atoms with Crippen LogP contribution >= 0.6 is 0 Å². The fourth-order valence-electron chi connectivity index (χ4n) is 2.44. The third kappa shape index (κ3) is 4.15. The van der Waals surface area contributed by atoms with E-state index in [-0.39, 0.29) is 6.04 Å². The second-order valence-corrected chi connectivity index (χ2v) is 5.09. The van der Waals surface area contributed by atoms with Gasteiger partial charge in [-0.1, -0.05) is 39.5 Å². The van der Waals surface area contributed by atoms with E-state index in [1.807, 2.05) is 18.7 Å². The minimum absolute atomic E-state index is 0.128. The van der Waals surface area contributed by atoms with E-state index in [1.54, 1.807) is 0 Å². The monoisotopic (exact) mass is 237 g/mol. The molecule has 0 bridgehead atoms. The van der Waals surface area contributed by atoms with Crippen molar-refractivity contribution in [3.05, 3.63) is 17.5 Å². The van der Waals surface area contributed by atoms with E-state index in [1.165, 1.54) is 25.7 Å². The predicted molar refractivity (Wildman–Crippen MR) is 72.8 cm³/mol. The predicted octanol–water partition coefficient (Wildman–Crippen LogP) is 3.33. The van der Waals surface area contributed by atoms with Crippen molar-refractivity contribution in [3.63, 3.8) is 0 Å². The Morgan fingerprint density at radius 2 is 2.12 bits per heavy atom. The summed E-state index contributed by atoms with van der Waals surface area (Å²) in [6, 6.07) is 2.24. The van der Waals surface area contributed by atoms with Gasteiger partial charge in [-0.15, -0.1) is 0 Å². The quantitative estimate of drug-likeness (QED) is 0.790. The Morgan fingerprint density at radius 1 is 1.41 bits per heavy atom. The zero-order valence-electron chi connectivity index (χ0n) is 11.7. The van der Waals surface area contributed by atoms with Crippen LogP contribution in [0, 0.1) is 12.8 Å². The van der Waals surface area contributed by atoms with E-state index in [0.717, 1.165) is 23.7 Å². The molecular weight excluding hydrogens is 210 g/mol. The lowest BCUT2D eigenvalue weighted by molar-refractivity contribution is 0.380. The Bertz CT molecular complexity index is 330. The summed E-state index contributed by atoms with van der Waals surface area (Å²) in [6.07, 6.45) is 6.20. The number of hydrogen-bond donors (Lipinski definition) is 1. The second kappa shape index (κ2) is 6.80. The van der Waals surface area contributed by atoms with Gasteiger partial charge in [0.2, 0.25) is 0 Å². The molecule has 0 amide bonds. The molecule has 0 aromatic carbocycles. The van der Waals surface area contributed by atoms with Crippen molar-refractivity contribution >= 4 is 0 Å². The maximum Gasteiger partial charge on any atom is 0.0597 e. The summed E-state index contributed by atoms with van der Waals surface area (Å²) < 4.78 is 1.92. The highest BCUT2D eigenvalue weighted by Gasteiger charge is 2.16. The SMILES string of the molecule is CCCCC(CC)CC(N)c1cc(C)nn1C. The molecule has 0 aliphatic rings. The summed E-state index contributed by atoms with van der Waals surface area (Å²) in [5, 5.41) is 4.36. The van der Waals surface area contributed by atoms with Gasteiger partial charge in [0.25, 0.3) is 0 Å². The van der Waals surface area contributed by atoms with Gasteiger partial charge in [-0.05, 0) is 25.3 Å². The summed E-state index contributed by atoms with van der Waals surface area (Å²) in [5.74, 6) is 0.750. The van der Waals surface area contributed by atoms with Gasteiger partial charge in [-0.25, -0.2) is 0 Å². The van der Waals surface area contributed by atoms with E-state index in [2.05, 4.69) is 25.0 Å². The Hall–Kier alpha value is -0.830. The molecule has 1 aromatic rings. The molecule has 1 rings (SSSR count). The Morgan fingerprint density at radius 3 is 2.59 bits per heavy atom. The lowest BCUT2D eigenvalue weighted by Crippen LogP contribution is -2.18. The number of aryl methyl sites for hydroxylation is 2. The zero-order chi connectivity index (χ0) is 12.8. The van der Waals surface area contributed by atoms with Crippen molar-refractivity contribution < 1.29 is 0 Å². The first-order valence-electron chi connectivity index (χ1n) is 6.84. The summed E-state index contributed by atoms with van der Waals surface area (Å²) in [7, 11) is 1.98. The molecule has 0 fully saturated rings. The van der Waals surface area contributed by atoms with Crippen LogP contribution < -0.4 is 5.73 Å². The van der Waals surface area contributed by atoms with Crippen molar-refractivity contribution in [2.45, 2.75) is 58.9 Å². The van der Waals surface area contributed by atoms with Gasteiger partial charge < -0.3 is 5.73 Å². The van der Waals surface area contributed by atoms with E-state index in [0.29, 0.717) is 0 Å². The van der Waals surface area contributed by atoms with Crippen molar-refractivity contribution in [2.24, 2.45) is 18.7 Å². The molecule has 98 valence electrons. The van der Waals surface area contributed by atoms with Crippen LogP contribution in [0.15, 0.2) is 6.07 Å². The fourth-order valence-corrected chi connectivity index (χ4v) is 2.44. The van der Waals surface area contributed by atoms with E-state index < -0.39 is 0 Å². The van der Waals surface area contributed by atoms with Crippen LogP contribution in [-0.4, -0.2) is 9.78 Å². The highest BCUT2D eigenvalue weighted by atomic mass is 15.3. The van der Waals surface area contributed by atoms with Crippen LogP contribution in [0.1, 0.15) is 63.4 Å². The Labute approximate surface area is 105 Å². The maximum atomic E-state index is 6.30. The highest BCUT2D eigenvalue weighted by molar-refractivity contribution is 5.12. The molecule has 3 nitrogen and oxygen atoms in total. The maximum absolute atomic E-state index is 6.30. The van der Waals surface area contributed by atoms with Gasteiger partial charge in [-0.3, -0.25) is 4.68 Å². The van der Waals surface area contributed by atoms with Crippen LogP contribution in [0.2, 0.25) is 0 Å². The Balaban J connectivity index is 2.57. The number of hydrogen-bond acceptors (Lipinski definition) is 2. The summed E-state index contributed by atoms with van der Waals surface area (Å²) >= 11 is 0. The van der Waals surface area contributed by atoms with Crippen LogP contribution in [0.4, 0.5) is 0 Å². The van der Waals surface area contributed by atoms with Gasteiger partial charge in [0.1, 0.15) is 0 Å². The van der Waals surface area contributed by atoms with Gasteiger partial charge in [0, 0.05) is 13.1 Å². The van der Waals surface area contributed by atoms with E-state index in [9.17, 15) is 0 Å². The first kappa shape index (κ1) is 14.2. The number of aromatic nitrogens is 2. The van der Waals surface area contributed by atoms with Crippen LogP contribution in [0.5, 0.6) is 0 Å². The lowest BCUT2D eigenvalue weighted by atomic mass is 9.91. The number of unbranched alkanes of at least 4 members (excludes halogenated alkanes) is 1. The van der Waals surface area contributed by atoms with Crippen LogP contribution in [0.25, 0.3) is 0 Å². The third-order valence-corrected chi connectivity index (χ3v) is 3.55. The third-order valence-electron chi connectivity index (χ3n) is 3.55. The van der Waals surface area contributed by atoms with Crippen molar-refractivity contribution in [1.29, 1.82) is 0 Å². The van der Waals surface area contributed by atoms with Crippen LogP contribution in [-0.2, 0) is 7.05 Å². The zero-order valence-corrected chi connectivity index (χ0v) is 11.7. The molecule has 0 aliphatic heterocycles. The normalized spacial score (nSPS) is 14.9. The molecule has 0 saturated heterocycles. The molecule has 0 aliphatic carbocycles. The molecule has 0 radical (unpaired) electrons. The standard InChI is InChI=1S/C14H27N3/c1-5-7-8-12(6-2)10-13(15)14-9-11(3)16-17(14)4/h9,12-13H,5-8,10,15H2,1-4H3. The summed E-state index contributed by atoms with van der Waals surface area (Å²) in [5.41, 5.74) is 8.52. The molecule has 1 aromatic heterocycles. The molecule has 3 heteroatoms. The van der Waals surface area contributed by atoms with Crippen molar-refractivity contribution in [2.75, 3.05) is 0 Å². The first-order valence-corrected chi connectivity index (χ1v) is 6.84. The van der Waals surface area contributed by atoms with Crippen molar-refractivity contribution in [3.8, 4) is 0 Å². The number of rotatable bonds is 7. The molecule has 2 N–H and O–H groups in total. The highest BCUT2D eigenvalue weighted by Crippen LogP contribution is 2.25. The topological polar surface area (TPSA) is 43.8 Å². The van der Waals surface area contributed by atoms with Crippen molar-refractivity contribution in [1.82, 2.24) is 9.78 Å². The molecule has 2 unspecified atom stereocenters.